The van der Waals surface area contributed by atoms with Crippen molar-refractivity contribution in [1.29, 1.82) is 0 Å². The van der Waals surface area contributed by atoms with E-state index in [9.17, 15) is 5.11 Å². The summed E-state index contributed by atoms with van der Waals surface area (Å²) in [4.78, 5) is 20.4. The van der Waals surface area contributed by atoms with Crippen molar-refractivity contribution in [2.24, 2.45) is 5.92 Å². The molecular formula is C24H28N6OS2. The van der Waals surface area contributed by atoms with Crippen molar-refractivity contribution in [2.75, 3.05) is 17.2 Å². The van der Waals surface area contributed by atoms with E-state index >= 15 is 0 Å². The van der Waals surface area contributed by atoms with Crippen molar-refractivity contribution < 1.29 is 5.11 Å². The maximum Gasteiger partial charge on any atom is 0.225 e. The zero-order valence-corrected chi connectivity index (χ0v) is 20.7. The van der Waals surface area contributed by atoms with Crippen LogP contribution in [-0.2, 0) is 6.54 Å². The Balaban J connectivity index is 1.53. The summed E-state index contributed by atoms with van der Waals surface area (Å²) < 4.78 is 1.13. The molecule has 1 fully saturated rings. The Bertz CT molecular complexity index is 1270. The molecular weight excluding hydrogens is 452 g/mol. The molecule has 2 atom stereocenters. The molecule has 9 heteroatoms. The lowest BCUT2D eigenvalue weighted by molar-refractivity contribution is 0.229. The molecule has 0 amide bonds. The topological polar surface area (TPSA) is 95.9 Å². The third-order valence-corrected chi connectivity index (χ3v) is 8.02. The highest BCUT2D eigenvalue weighted by Gasteiger charge is 2.27. The van der Waals surface area contributed by atoms with Crippen molar-refractivity contribution in [3.8, 4) is 10.6 Å². The van der Waals surface area contributed by atoms with E-state index in [-0.39, 0.29) is 12.6 Å². The fourth-order valence-electron chi connectivity index (χ4n) is 4.49. The molecule has 4 heterocycles. The van der Waals surface area contributed by atoms with Gasteiger partial charge in [0.15, 0.2) is 0 Å². The van der Waals surface area contributed by atoms with Gasteiger partial charge in [-0.15, -0.1) is 22.7 Å². The second-order valence-electron chi connectivity index (χ2n) is 8.71. The van der Waals surface area contributed by atoms with Crippen LogP contribution in [0, 0.1) is 26.7 Å². The summed E-state index contributed by atoms with van der Waals surface area (Å²) in [5.74, 6) is 1.77. The Morgan fingerprint density at radius 2 is 1.97 bits per heavy atom. The highest BCUT2D eigenvalue weighted by atomic mass is 32.1. The first kappa shape index (κ1) is 22.2. The average molecular weight is 481 g/mol. The number of fused-ring (bicyclic) bond motifs is 1. The van der Waals surface area contributed by atoms with E-state index < -0.39 is 0 Å². The maximum atomic E-state index is 9.58. The van der Waals surface area contributed by atoms with Crippen LogP contribution in [0.1, 0.15) is 41.2 Å². The summed E-state index contributed by atoms with van der Waals surface area (Å²) in [6, 6.07) is 6.52. The molecule has 4 aromatic rings. The molecule has 1 saturated carbocycles. The van der Waals surface area contributed by atoms with Gasteiger partial charge >= 0.3 is 0 Å². The number of thiophene rings is 1. The van der Waals surface area contributed by atoms with Gasteiger partial charge < -0.3 is 15.7 Å². The van der Waals surface area contributed by atoms with E-state index in [1.165, 1.54) is 4.88 Å². The number of pyridine rings is 1. The fraction of sp³-hybridized carbons (Fsp3) is 0.417. The zero-order valence-electron chi connectivity index (χ0n) is 19.1. The smallest absolute Gasteiger partial charge is 0.225 e. The van der Waals surface area contributed by atoms with Crippen LogP contribution < -0.4 is 10.6 Å². The van der Waals surface area contributed by atoms with E-state index in [1.54, 1.807) is 22.7 Å². The first-order valence-electron chi connectivity index (χ1n) is 11.3. The molecule has 1 aliphatic carbocycles. The molecule has 0 spiro atoms. The number of aryl methyl sites for hydroxylation is 3. The monoisotopic (exact) mass is 480 g/mol. The Labute approximate surface area is 201 Å². The molecule has 172 valence electrons. The lowest BCUT2D eigenvalue weighted by Crippen LogP contribution is -2.19. The van der Waals surface area contributed by atoms with Gasteiger partial charge in [-0.25, -0.2) is 9.97 Å². The number of aliphatic hydroxyl groups is 1. The predicted molar refractivity (Wildman–Crippen MR) is 136 cm³/mol. The Kier molecular flexibility index (Phi) is 6.27. The van der Waals surface area contributed by atoms with Gasteiger partial charge in [-0.2, -0.15) is 4.98 Å². The molecule has 0 bridgehead atoms. The van der Waals surface area contributed by atoms with Gasteiger partial charge in [-0.05, 0) is 63.5 Å². The van der Waals surface area contributed by atoms with Crippen LogP contribution in [0.25, 0.3) is 20.8 Å². The molecule has 1 aliphatic rings. The van der Waals surface area contributed by atoms with Crippen LogP contribution in [0.5, 0.6) is 0 Å². The minimum absolute atomic E-state index is 0.241. The maximum absolute atomic E-state index is 9.58. The fourth-order valence-corrected chi connectivity index (χ4v) is 6.35. The highest BCUT2D eigenvalue weighted by Crippen LogP contribution is 2.38. The lowest BCUT2D eigenvalue weighted by atomic mass is 10.1. The highest BCUT2D eigenvalue weighted by molar-refractivity contribution is 7.21. The number of rotatable bonds is 7. The second kappa shape index (κ2) is 9.32. The van der Waals surface area contributed by atoms with Gasteiger partial charge in [0.2, 0.25) is 5.95 Å². The minimum atomic E-state index is 0.241. The van der Waals surface area contributed by atoms with Crippen molar-refractivity contribution in [3.05, 3.63) is 45.5 Å². The van der Waals surface area contributed by atoms with E-state index in [0.29, 0.717) is 18.4 Å². The standard InChI is InChI=1S/C24H28N6OS2/c1-13-9-19-21(15(3)26-13)29-23(33-19)20-14(2)27-24(25-11-18-5-4-8-32-18)30-22(20)28-17-7-6-16(10-17)12-31/h4-5,8-9,16-17,31H,6-7,10-12H2,1-3H3,(H2,25,27,28,30). The van der Waals surface area contributed by atoms with Crippen molar-refractivity contribution >= 4 is 44.7 Å². The van der Waals surface area contributed by atoms with Gasteiger partial charge in [-0.3, -0.25) is 4.98 Å². The molecule has 0 aromatic carbocycles. The molecule has 5 rings (SSSR count). The molecule has 0 saturated heterocycles. The van der Waals surface area contributed by atoms with Crippen molar-refractivity contribution in [2.45, 2.75) is 52.6 Å². The van der Waals surface area contributed by atoms with Gasteiger partial charge in [0.1, 0.15) is 16.3 Å². The summed E-state index contributed by atoms with van der Waals surface area (Å²) in [6.07, 6.45) is 3.00. The molecule has 7 nitrogen and oxygen atoms in total. The quantitative estimate of drug-likeness (QED) is 0.329. The average Bonchev–Trinajstić information content (AvgIpc) is 3.53. The Morgan fingerprint density at radius 1 is 1.09 bits per heavy atom. The van der Waals surface area contributed by atoms with Crippen LogP contribution in [0.2, 0.25) is 0 Å². The van der Waals surface area contributed by atoms with Crippen molar-refractivity contribution in [1.82, 2.24) is 19.9 Å². The minimum Gasteiger partial charge on any atom is -0.396 e. The number of aliphatic hydroxyl groups excluding tert-OH is 1. The lowest BCUT2D eigenvalue weighted by Gasteiger charge is -2.18. The summed E-state index contributed by atoms with van der Waals surface area (Å²) in [5, 5.41) is 19.6. The molecule has 0 aliphatic heterocycles. The van der Waals surface area contributed by atoms with E-state index in [2.05, 4.69) is 33.1 Å². The SMILES string of the molecule is Cc1cc2sc(-c3c(C)nc(NCc4cccs4)nc3NC3CCC(CO)C3)nc2c(C)n1. The van der Waals surface area contributed by atoms with Crippen LogP contribution in [0.4, 0.5) is 11.8 Å². The number of aromatic nitrogens is 4. The first-order chi connectivity index (χ1) is 16.0. The van der Waals surface area contributed by atoms with Gasteiger partial charge in [0, 0.05) is 23.2 Å². The zero-order chi connectivity index (χ0) is 22.9. The number of hydrogen-bond donors (Lipinski definition) is 3. The van der Waals surface area contributed by atoms with Gasteiger partial charge in [0.25, 0.3) is 0 Å². The molecule has 4 aromatic heterocycles. The predicted octanol–water partition coefficient (Wildman–Crippen LogP) is 5.32. The number of nitrogens with zero attached hydrogens (tertiary/aromatic N) is 4. The first-order valence-corrected chi connectivity index (χ1v) is 13.0. The second-order valence-corrected chi connectivity index (χ2v) is 10.8. The van der Waals surface area contributed by atoms with Crippen LogP contribution in [-0.4, -0.2) is 37.7 Å². The van der Waals surface area contributed by atoms with Gasteiger partial charge in [-0.1, -0.05) is 6.07 Å². The summed E-state index contributed by atoms with van der Waals surface area (Å²) in [5.41, 5.74) is 4.71. The van der Waals surface area contributed by atoms with E-state index in [0.717, 1.165) is 62.9 Å². The van der Waals surface area contributed by atoms with E-state index in [1.807, 2.05) is 26.8 Å². The van der Waals surface area contributed by atoms with Gasteiger partial charge in [0.05, 0.1) is 28.2 Å². The molecule has 3 N–H and O–H groups in total. The van der Waals surface area contributed by atoms with E-state index in [4.69, 9.17) is 15.0 Å². The largest absolute Gasteiger partial charge is 0.396 e. The summed E-state index contributed by atoms with van der Waals surface area (Å²) in [7, 11) is 0. The third kappa shape index (κ3) is 4.71. The number of thiazole rings is 1. The van der Waals surface area contributed by atoms with Crippen LogP contribution in [0.3, 0.4) is 0 Å². The van der Waals surface area contributed by atoms with Crippen LogP contribution in [0.15, 0.2) is 23.6 Å². The summed E-state index contributed by atoms with van der Waals surface area (Å²) >= 11 is 3.37. The normalized spacial score (nSPS) is 18.2. The molecule has 33 heavy (non-hydrogen) atoms. The van der Waals surface area contributed by atoms with Crippen LogP contribution >= 0.6 is 22.7 Å². The number of hydrogen-bond acceptors (Lipinski definition) is 9. The Hall–Kier alpha value is -2.62. The van der Waals surface area contributed by atoms with Crippen molar-refractivity contribution in [3.63, 3.8) is 0 Å². The Morgan fingerprint density at radius 3 is 2.73 bits per heavy atom. The third-order valence-electron chi connectivity index (χ3n) is 6.13. The number of anilines is 2. The molecule has 0 radical (unpaired) electrons. The summed E-state index contributed by atoms with van der Waals surface area (Å²) in [6.45, 7) is 6.97. The molecule has 2 unspecified atom stereocenters. The number of nitrogens with one attached hydrogen (secondary N) is 2.